The van der Waals surface area contributed by atoms with Crippen LogP contribution >= 0.6 is 11.6 Å². The van der Waals surface area contributed by atoms with Crippen LogP contribution in [0.5, 0.6) is 0 Å². The first-order valence-corrected chi connectivity index (χ1v) is 11.4. The Kier molecular flexibility index (Phi) is 8.43. The molecule has 0 saturated heterocycles. The zero-order valence-corrected chi connectivity index (χ0v) is 20.5. The van der Waals surface area contributed by atoms with E-state index in [1.54, 1.807) is 30.3 Å². The number of aryl methyl sites for hydroxylation is 3. The van der Waals surface area contributed by atoms with E-state index in [0.717, 1.165) is 35.5 Å². The smallest absolute Gasteiger partial charge is 0.257 e. The lowest BCUT2D eigenvalue weighted by Gasteiger charge is -2.14. The molecule has 0 bridgehead atoms. The number of benzene rings is 2. The summed E-state index contributed by atoms with van der Waals surface area (Å²) < 4.78 is 1.91. The van der Waals surface area contributed by atoms with Crippen LogP contribution in [-0.2, 0) is 17.9 Å². The topological polar surface area (TPSA) is 100 Å². The molecule has 0 radical (unpaired) electrons. The summed E-state index contributed by atoms with van der Waals surface area (Å²) in [5, 5.41) is 13.9. The maximum absolute atomic E-state index is 12.9. The van der Waals surface area contributed by atoms with Crippen molar-refractivity contribution in [2.24, 2.45) is 4.99 Å². The fraction of sp³-hybridized carbons (Fsp3) is 0.280. The number of carbonyl (C=O) groups excluding carboxylic acids is 2. The number of hydrogen-bond donors (Lipinski definition) is 3. The van der Waals surface area contributed by atoms with E-state index < -0.39 is 0 Å². The van der Waals surface area contributed by atoms with Crippen molar-refractivity contribution in [2.75, 3.05) is 10.6 Å². The minimum atomic E-state index is -0.328. The van der Waals surface area contributed by atoms with Gasteiger partial charge in [-0.05, 0) is 68.3 Å². The highest BCUT2D eigenvalue weighted by Gasteiger charge is 2.12. The molecule has 0 atom stereocenters. The van der Waals surface area contributed by atoms with Crippen LogP contribution in [0.1, 0.15) is 47.4 Å². The molecule has 8 nitrogen and oxygen atoms in total. The first-order valence-electron chi connectivity index (χ1n) is 11.0. The summed E-state index contributed by atoms with van der Waals surface area (Å²) in [6.45, 7) is 8.60. The molecule has 2 aromatic carbocycles. The second-order valence-corrected chi connectivity index (χ2v) is 8.40. The van der Waals surface area contributed by atoms with E-state index in [1.807, 2.05) is 36.9 Å². The summed E-state index contributed by atoms with van der Waals surface area (Å²) in [6, 6.07) is 12.1. The van der Waals surface area contributed by atoms with Crippen LogP contribution in [0.25, 0.3) is 0 Å². The Balaban J connectivity index is 1.82. The lowest BCUT2D eigenvalue weighted by molar-refractivity contribution is -0.114. The Labute approximate surface area is 204 Å². The Morgan fingerprint density at radius 2 is 1.82 bits per heavy atom. The second kappa shape index (κ2) is 11.5. The Morgan fingerprint density at radius 3 is 2.47 bits per heavy atom. The number of carbonyl (C=O) groups is 2. The Bertz CT molecular complexity index is 1200. The molecule has 0 fully saturated rings. The van der Waals surface area contributed by atoms with Crippen molar-refractivity contribution in [3.05, 3.63) is 76.1 Å². The summed E-state index contributed by atoms with van der Waals surface area (Å²) in [4.78, 5) is 28.8. The van der Waals surface area contributed by atoms with Gasteiger partial charge in [-0.25, -0.2) is 4.99 Å². The van der Waals surface area contributed by atoms with Gasteiger partial charge in [0.05, 0.1) is 12.2 Å². The average molecular weight is 481 g/mol. The first kappa shape index (κ1) is 25.0. The Morgan fingerprint density at radius 1 is 1.09 bits per heavy atom. The lowest BCUT2D eigenvalue weighted by Crippen LogP contribution is -2.36. The minimum Gasteiger partial charge on any atom is -0.326 e. The van der Waals surface area contributed by atoms with Crippen molar-refractivity contribution in [3.63, 3.8) is 0 Å². The van der Waals surface area contributed by atoms with Crippen LogP contribution in [0.3, 0.4) is 0 Å². The van der Waals surface area contributed by atoms with E-state index >= 15 is 0 Å². The van der Waals surface area contributed by atoms with Crippen molar-refractivity contribution in [3.8, 4) is 0 Å². The maximum atomic E-state index is 12.9. The summed E-state index contributed by atoms with van der Waals surface area (Å²) in [5.74, 6) is -0.193. The molecule has 178 valence electrons. The van der Waals surface area contributed by atoms with E-state index in [-0.39, 0.29) is 11.8 Å². The molecular formula is C25H29ClN6O2. The highest BCUT2D eigenvalue weighted by Crippen LogP contribution is 2.20. The van der Waals surface area contributed by atoms with Crippen LogP contribution in [0.2, 0.25) is 5.02 Å². The van der Waals surface area contributed by atoms with Crippen LogP contribution in [0, 0.1) is 13.8 Å². The number of nitrogens with zero attached hydrogens (tertiary/aromatic N) is 3. The minimum absolute atomic E-state index is 0.174. The van der Waals surface area contributed by atoms with E-state index in [0.29, 0.717) is 28.8 Å². The number of nitrogens with one attached hydrogen (secondary N) is 3. The molecule has 3 rings (SSSR count). The highest BCUT2D eigenvalue weighted by atomic mass is 35.5. The van der Waals surface area contributed by atoms with Gasteiger partial charge < -0.3 is 10.6 Å². The van der Waals surface area contributed by atoms with Crippen molar-refractivity contribution in [2.45, 2.75) is 47.2 Å². The number of aliphatic imine (C=N–C) groups is 1. The number of aromatic nitrogens is 2. The monoisotopic (exact) mass is 480 g/mol. The van der Waals surface area contributed by atoms with Gasteiger partial charge in [0.25, 0.3) is 5.91 Å². The summed E-state index contributed by atoms with van der Waals surface area (Å²) in [7, 11) is 0. The van der Waals surface area contributed by atoms with Gasteiger partial charge in [-0.15, -0.1) is 0 Å². The van der Waals surface area contributed by atoms with Crippen molar-refractivity contribution >= 4 is 40.7 Å². The molecule has 3 N–H and O–H groups in total. The molecule has 0 spiro atoms. The normalized spacial score (nSPS) is 11.3. The molecule has 0 aliphatic carbocycles. The molecule has 3 aromatic rings. The van der Waals surface area contributed by atoms with Gasteiger partial charge in [0.1, 0.15) is 0 Å². The zero-order valence-electron chi connectivity index (χ0n) is 19.8. The average Bonchev–Trinajstić information content (AvgIpc) is 3.13. The molecule has 0 unspecified atom stereocenters. The largest absolute Gasteiger partial charge is 0.326 e. The van der Waals surface area contributed by atoms with Gasteiger partial charge >= 0.3 is 0 Å². The standard InChI is InChI=1S/C25H29ClN6O2/c1-5-12-32-15-20(17(3)31-32)14-27-25(29-23-11-8-21(26)13-16(23)2)30-24(34)19-6-9-22(10-7-19)28-18(4)33/h6-11,13,15H,5,12,14H2,1-4H3,(H,28,33)(H2,27,29,30,34). The van der Waals surface area contributed by atoms with E-state index in [2.05, 4.69) is 33.0 Å². The molecule has 1 aromatic heterocycles. The number of rotatable bonds is 7. The van der Waals surface area contributed by atoms with E-state index in [9.17, 15) is 9.59 Å². The third-order valence-corrected chi connectivity index (χ3v) is 5.28. The second-order valence-electron chi connectivity index (χ2n) is 7.96. The van der Waals surface area contributed by atoms with Crippen LogP contribution in [0.4, 0.5) is 11.4 Å². The summed E-state index contributed by atoms with van der Waals surface area (Å²) in [5.41, 5.74) is 4.63. The first-order chi connectivity index (χ1) is 16.2. The third-order valence-electron chi connectivity index (χ3n) is 5.05. The molecule has 0 aliphatic heterocycles. The summed E-state index contributed by atoms with van der Waals surface area (Å²) >= 11 is 6.09. The fourth-order valence-electron chi connectivity index (χ4n) is 3.32. The molecule has 9 heteroatoms. The van der Waals surface area contributed by atoms with Gasteiger partial charge in [-0.3, -0.25) is 19.6 Å². The maximum Gasteiger partial charge on any atom is 0.257 e. The summed E-state index contributed by atoms with van der Waals surface area (Å²) in [6.07, 6.45) is 2.97. The Hall–Kier alpha value is -3.65. The van der Waals surface area contributed by atoms with Crippen molar-refractivity contribution in [1.29, 1.82) is 0 Å². The van der Waals surface area contributed by atoms with Crippen molar-refractivity contribution < 1.29 is 9.59 Å². The van der Waals surface area contributed by atoms with Crippen LogP contribution in [0.15, 0.2) is 53.7 Å². The molecule has 0 aliphatic rings. The number of hydrogen-bond acceptors (Lipinski definition) is 4. The van der Waals surface area contributed by atoms with Crippen molar-refractivity contribution in [1.82, 2.24) is 15.1 Å². The van der Waals surface area contributed by atoms with Crippen LogP contribution in [-0.4, -0.2) is 27.6 Å². The SMILES string of the molecule is CCCn1cc(CN=C(NC(=O)c2ccc(NC(C)=O)cc2)Nc2ccc(Cl)cc2C)c(C)n1. The number of amides is 2. The van der Waals surface area contributed by atoms with Gasteiger partial charge in [0, 0.05) is 47.2 Å². The molecule has 1 heterocycles. The van der Waals surface area contributed by atoms with E-state index in [1.165, 1.54) is 6.92 Å². The molecule has 34 heavy (non-hydrogen) atoms. The molecular weight excluding hydrogens is 452 g/mol. The molecule has 0 saturated carbocycles. The predicted molar refractivity (Wildman–Crippen MR) is 136 cm³/mol. The molecule has 2 amide bonds. The van der Waals surface area contributed by atoms with Gasteiger partial charge in [-0.2, -0.15) is 5.10 Å². The number of guanidine groups is 1. The predicted octanol–water partition coefficient (Wildman–Crippen LogP) is 4.92. The van der Waals surface area contributed by atoms with Crippen LogP contribution < -0.4 is 16.0 Å². The highest BCUT2D eigenvalue weighted by molar-refractivity contribution is 6.30. The van der Waals surface area contributed by atoms with Gasteiger partial charge in [-0.1, -0.05) is 18.5 Å². The quantitative estimate of drug-likeness (QED) is 0.330. The fourth-order valence-corrected chi connectivity index (χ4v) is 3.54. The zero-order chi connectivity index (χ0) is 24.7. The van der Waals surface area contributed by atoms with E-state index in [4.69, 9.17) is 11.6 Å². The number of halogens is 1. The third kappa shape index (κ3) is 6.92. The van der Waals surface area contributed by atoms with Gasteiger partial charge in [0.2, 0.25) is 11.9 Å². The lowest BCUT2D eigenvalue weighted by atomic mass is 10.2. The van der Waals surface area contributed by atoms with Gasteiger partial charge in [0.15, 0.2) is 0 Å². The number of anilines is 2.